The molecule has 0 fully saturated rings. The Morgan fingerprint density at radius 1 is 1.32 bits per heavy atom. The number of rotatable bonds is 8. The Balaban J connectivity index is 2.65. The summed E-state index contributed by atoms with van der Waals surface area (Å²) >= 11 is 1.65. The predicted octanol–water partition coefficient (Wildman–Crippen LogP) is 2.98. The lowest BCUT2D eigenvalue weighted by molar-refractivity contribution is -0.143. The van der Waals surface area contributed by atoms with Crippen LogP contribution in [0.1, 0.15) is 24.2 Å². The van der Waals surface area contributed by atoms with Crippen LogP contribution in [0.15, 0.2) is 30.3 Å². The average molecular weight is 281 g/mol. The number of benzene rings is 1. The summed E-state index contributed by atoms with van der Waals surface area (Å²) in [7, 11) is 4.07. The first-order valence-corrected chi connectivity index (χ1v) is 7.68. The second-order valence-corrected chi connectivity index (χ2v) is 5.85. The Morgan fingerprint density at radius 2 is 2.00 bits per heavy atom. The standard InChI is InChI=1S/C15H23NO2S/c1-4-11-18-15(17)14(19-12-10-16(2)3)13-8-6-5-7-9-13/h5-9,14H,4,10-12H2,1-3H3. The zero-order valence-corrected chi connectivity index (χ0v) is 12.8. The molecule has 0 radical (unpaired) electrons. The van der Waals surface area contributed by atoms with Crippen LogP contribution in [0, 0.1) is 0 Å². The van der Waals surface area contributed by atoms with Crippen LogP contribution in [0.25, 0.3) is 0 Å². The number of nitrogens with zero attached hydrogens (tertiary/aromatic N) is 1. The molecular formula is C15H23NO2S. The van der Waals surface area contributed by atoms with Crippen LogP contribution >= 0.6 is 11.8 Å². The largest absolute Gasteiger partial charge is 0.465 e. The van der Waals surface area contributed by atoms with E-state index in [0.29, 0.717) is 6.61 Å². The quantitative estimate of drug-likeness (QED) is 0.685. The maximum absolute atomic E-state index is 12.1. The first-order chi connectivity index (χ1) is 9.15. The zero-order valence-electron chi connectivity index (χ0n) is 12.0. The Kier molecular flexibility index (Phi) is 7.60. The van der Waals surface area contributed by atoms with E-state index in [-0.39, 0.29) is 11.2 Å². The third-order valence-corrected chi connectivity index (χ3v) is 3.80. The molecule has 4 heteroatoms. The first kappa shape index (κ1) is 16.1. The molecule has 1 atom stereocenters. The van der Waals surface area contributed by atoms with Crippen LogP contribution < -0.4 is 0 Å². The maximum atomic E-state index is 12.1. The summed E-state index contributed by atoms with van der Waals surface area (Å²) in [6.07, 6.45) is 0.857. The fourth-order valence-electron chi connectivity index (χ4n) is 1.56. The van der Waals surface area contributed by atoms with Crippen LogP contribution in [0.2, 0.25) is 0 Å². The summed E-state index contributed by atoms with van der Waals surface area (Å²) in [5.74, 6) is 0.783. The van der Waals surface area contributed by atoms with Crippen LogP contribution in [-0.4, -0.2) is 43.9 Å². The zero-order chi connectivity index (χ0) is 14.1. The van der Waals surface area contributed by atoms with Crippen molar-refractivity contribution in [2.45, 2.75) is 18.6 Å². The van der Waals surface area contributed by atoms with E-state index in [0.717, 1.165) is 24.3 Å². The maximum Gasteiger partial charge on any atom is 0.323 e. The van der Waals surface area contributed by atoms with Gasteiger partial charge in [-0.05, 0) is 26.1 Å². The van der Waals surface area contributed by atoms with Crippen molar-refractivity contribution in [2.75, 3.05) is 33.0 Å². The van der Waals surface area contributed by atoms with Gasteiger partial charge in [-0.1, -0.05) is 37.3 Å². The molecule has 0 aliphatic heterocycles. The molecule has 1 aromatic rings. The molecule has 0 saturated heterocycles. The molecule has 0 aliphatic carbocycles. The highest BCUT2D eigenvalue weighted by Crippen LogP contribution is 2.30. The topological polar surface area (TPSA) is 29.5 Å². The monoisotopic (exact) mass is 281 g/mol. The van der Waals surface area contributed by atoms with Gasteiger partial charge in [0.25, 0.3) is 0 Å². The van der Waals surface area contributed by atoms with Crippen molar-refractivity contribution in [3.63, 3.8) is 0 Å². The number of carbonyl (C=O) groups excluding carboxylic acids is 1. The fourth-order valence-corrected chi connectivity index (χ4v) is 2.82. The summed E-state index contributed by atoms with van der Waals surface area (Å²) in [6, 6.07) is 9.85. The average Bonchev–Trinajstić information content (AvgIpc) is 2.41. The van der Waals surface area contributed by atoms with E-state index in [2.05, 4.69) is 4.90 Å². The highest BCUT2D eigenvalue weighted by molar-refractivity contribution is 8.00. The summed E-state index contributed by atoms with van der Waals surface area (Å²) in [5.41, 5.74) is 1.02. The first-order valence-electron chi connectivity index (χ1n) is 6.63. The van der Waals surface area contributed by atoms with Gasteiger partial charge in [0.05, 0.1) is 6.61 Å². The van der Waals surface area contributed by atoms with Gasteiger partial charge in [-0.15, -0.1) is 11.8 Å². The second-order valence-electron chi connectivity index (χ2n) is 4.63. The van der Waals surface area contributed by atoms with Gasteiger partial charge in [0.2, 0.25) is 0 Å². The van der Waals surface area contributed by atoms with Crippen molar-refractivity contribution in [3.05, 3.63) is 35.9 Å². The van der Waals surface area contributed by atoms with Gasteiger partial charge in [0.15, 0.2) is 0 Å². The molecule has 0 spiro atoms. The van der Waals surface area contributed by atoms with E-state index in [9.17, 15) is 4.79 Å². The van der Waals surface area contributed by atoms with E-state index in [4.69, 9.17) is 4.74 Å². The highest BCUT2D eigenvalue weighted by Gasteiger charge is 2.22. The van der Waals surface area contributed by atoms with E-state index in [1.165, 1.54) is 0 Å². The lowest BCUT2D eigenvalue weighted by Gasteiger charge is -2.17. The normalized spacial score (nSPS) is 12.4. The lowest BCUT2D eigenvalue weighted by atomic mass is 10.1. The summed E-state index contributed by atoms with van der Waals surface area (Å²) in [6.45, 7) is 3.45. The van der Waals surface area contributed by atoms with Gasteiger partial charge in [-0.25, -0.2) is 0 Å². The Labute approximate surface area is 120 Å². The van der Waals surface area contributed by atoms with E-state index in [1.54, 1.807) is 11.8 Å². The van der Waals surface area contributed by atoms with Gasteiger partial charge in [0.1, 0.15) is 5.25 Å². The van der Waals surface area contributed by atoms with Crippen LogP contribution in [0.5, 0.6) is 0 Å². The van der Waals surface area contributed by atoms with Crippen LogP contribution in [0.4, 0.5) is 0 Å². The van der Waals surface area contributed by atoms with Crippen molar-refractivity contribution in [1.82, 2.24) is 4.90 Å². The van der Waals surface area contributed by atoms with Gasteiger partial charge in [0, 0.05) is 12.3 Å². The molecule has 0 amide bonds. The minimum atomic E-state index is -0.215. The molecule has 0 saturated carbocycles. The van der Waals surface area contributed by atoms with Gasteiger partial charge in [-0.2, -0.15) is 0 Å². The number of hydrogen-bond acceptors (Lipinski definition) is 4. The third kappa shape index (κ3) is 6.12. The molecule has 1 rings (SSSR count). The molecule has 0 aromatic heterocycles. The molecule has 3 nitrogen and oxygen atoms in total. The van der Waals surface area contributed by atoms with Crippen LogP contribution in [0.3, 0.4) is 0 Å². The number of ether oxygens (including phenoxy) is 1. The molecule has 106 valence electrons. The summed E-state index contributed by atoms with van der Waals surface area (Å²) < 4.78 is 5.29. The number of hydrogen-bond donors (Lipinski definition) is 0. The SMILES string of the molecule is CCCOC(=O)C(SCCN(C)C)c1ccccc1. The van der Waals surface area contributed by atoms with E-state index in [1.807, 2.05) is 51.4 Å². The molecule has 19 heavy (non-hydrogen) atoms. The second kappa shape index (κ2) is 8.99. The van der Waals surface area contributed by atoms with E-state index < -0.39 is 0 Å². The molecule has 1 aromatic carbocycles. The van der Waals surface area contributed by atoms with Crippen molar-refractivity contribution in [2.24, 2.45) is 0 Å². The van der Waals surface area contributed by atoms with Crippen molar-refractivity contribution >= 4 is 17.7 Å². The number of carbonyl (C=O) groups is 1. The fraction of sp³-hybridized carbons (Fsp3) is 0.533. The molecule has 0 bridgehead atoms. The van der Waals surface area contributed by atoms with Gasteiger partial charge in [-0.3, -0.25) is 4.79 Å². The molecule has 0 aliphatic rings. The van der Waals surface area contributed by atoms with Gasteiger partial charge < -0.3 is 9.64 Å². The third-order valence-electron chi connectivity index (χ3n) is 2.59. The van der Waals surface area contributed by atoms with E-state index >= 15 is 0 Å². The molecule has 0 heterocycles. The molecule has 1 unspecified atom stereocenters. The highest BCUT2D eigenvalue weighted by atomic mass is 32.2. The van der Waals surface area contributed by atoms with Crippen molar-refractivity contribution < 1.29 is 9.53 Å². The Bertz CT molecular complexity index is 368. The number of esters is 1. The van der Waals surface area contributed by atoms with Crippen LogP contribution in [-0.2, 0) is 9.53 Å². The minimum absolute atomic E-state index is 0.128. The molecule has 0 N–H and O–H groups in total. The lowest BCUT2D eigenvalue weighted by Crippen LogP contribution is -2.18. The predicted molar refractivity (Wildman–Crippen MR) is 81.4 cm³/mol. The minimum Gasteiger partial charge on any atom is -0.465 e. The molecular weight excluding hydrogens is 258 g/mol. The Hall–Kier alpha value is -1.00. The summed E-state index contributed by atoms with van der Waals surface area (Å²) in [5, 5.41) is -0.215. The number of thioether (sulfide) groups is 1. The van der Waals surface area contributed by atoms with Gasteiger partial charge >= 0.3 is 5.97 Å². The van der Waals surface area contributed by atoms with Crippen molar-refractivity contribution in [1.29, 1.82) is 0 Å². The Morgan fingerprint density at radius 3 is 2.58 bits per heavy atom. The summed E-state index contributed by atoms with van der Waals surface area (Å²) in [4.78, 5) is 14.2. The van der Waals surface area contributed by atoms with Crippen molar-refractivity contribution in [3.8, 4) is 0 Å². The smallest absolute Gasteiger partial charge is 0.323 e.